The molecule has 0 radical (unpaired) electrons. The van der Waals surface area contributed by atoms with Crippen LogP contribution in [0.4, 0.5) is 0 Å². The van der Waals surface area contributed by atoms with E-state index in [2.05, 4.69) is 26.5 Å². The van der Waals surface area contributed by atoms with Crippen LogP contribution >= 0.6 is 24.8 Å². The van der Waals surface area contributed by atoms with Crippen molar-refractivity contribution in [3.05, 3.63) is 0 Å². The van der Waals surface area contributed by atoms with Crippen molar-refractivity contribution >= 4 is 29.2 Å². The van der Waals surface area contributed by atoms with Gasteiger partial charge in [-0.05, 0) is 37.9 Å². The van der Waals surface area contributed by atoms with Gasteiger partial charge in [0, 0.05) is 0 Å². The fourth-order valence-corrected chi connectivity index (χ4v) is 2.29. The summed E-state index contributed by atoms with van der Waals surface area (Å²) in [5.41, 5.74) is 0. The van der Waals surface area contributed by atoms with Crippen molar-refractivity contribution in [1.82, 2.24) is 0 Å². The standard InChI is InChI=1S/C14H28OS2/c1-3-5-7-9-11-13(15-14(16)17)12-10-8-6-4-2/h13H,3-12H2,1-2H3,(H,16,17). The molecule has 0 unspecified atom stereocenters. The van der Waals surface area contributed by atoms with Crippen LogP contribution in [0.25, 0.3) is 0 Å². The third-order valence-corrected chi connectivity index (χ3v) is 3.23. The molecule has 1 nitrogen and oxygen atoms in total. The molecule has 0 N–H and O–H groups in total. The Labute approximate surface area is 118 Å². The van der Waals surface area contributed by atoms with E-state index in [1.807, 2.05) is 0 Å². The summed E-state index contributed by atoms with van der Waals surface area (Å²) in [6, 6.07) is 0. The zero-order valence-electron chi connectivity index (χ0n) is 11.4. The maximum absolute atomic E-state index is 5.61. The first-order chi connectivity index (χ1) is 8.20. The molecule has 0 aliphatic rings. The highest BCUT2D eigenvalue weighted by atomic mass is 32.1. The largest absolute Gasteiger partial charge is 0.475 e. The van der Waals surface area contributed by atoms with Gasteiger partial charge >= 0.3 is 0 Å². The molecule has 0 saturated carbocycles. The van der Waals surface area contributed by atoms with Crippen LogP contribution in [0.2, 0.25) is 0 Å². The fourth-order valence-electron chi connectivity index (χ4n) is 2.00. The van der Waals surface area contributed by atoms with Gasteiger partial charge in [-0.3, -0.25) is 0 Å². The molecule has 0 atom stereocenters. The third kappa shape index (κ3) is 12.5. The summed E-state index contributed by atoms with van der Waals surface area (Å²) in [7, 11) is 0. The van der Waals surface area contributed by atoms with E-state index < -0.39 is 0 Å². The summed E-state index contributed by atoms with van der Waals surface area (Å²) in [5, 5.41) is 0. The fraction of sp³-hybridized carbons (Fsp3) is 0.929. The highest BCUT2D eigenvalue weighted by Crippen LogP contribution is 2.16. The van der Waals surface area contributed by atoms with Crippen molar-refractivity contribution in [3.63, 3.8) is 0 Å². The Morgan fingerprint density at radius 3 is 1.76 bits per heavy atom. The summed E-state index contributed by atoms with van der Waals surface area (Å²) in [5.74, 6) is 0. The predicted octanol–water partition coefficient (Wildman–Crippen LogP) is 5.53. The van der Waals surface area contributed by atoms with Gasteiger partial charge in [0.05, 0.1) is 0 Å². The first-order valence-electron chi connectivity index (χ1n) is 7.10. The number of thiocarbonyl (C=S) groups is 1. The van der Waals surface area contributed by atoms with Crippen LogP contribution in [0.15, 0.2) is 0 Å². The van der Waals surface area contributed by atoms with Gasteiger partial charge in [0.15, 0.2) is 0 Å². The summed E-state index contributed by atoms with van der Waals surface area (Å²) in [6.07, 6.45) is 12.9. The van der Waals surface area contributed by atoms with E-state index in [4.69, 9.17) is 17.0 Å². The molecule has 102 valence electrons. The van der Waals surface area contributed by atoms with Gasteiger partial charge < -0.3 is 4.74 Å². The SMILES string of the molecule is CCCCCCC(CCCCCC)OC(=S)S. The number of rotatable bonds is 11. The summed E-state index contributed by atoms with van der Waals surface area (Å²) < 4.78 is 6.01. The van der Waals surface area contributed by atoms with E-state index >= 15 is 0 Å². The molecule has 3 heteroatoms. The highest BCUT2D eigenvalue weighted by Gasteiger charge is 2.10. The van der Waals surface area contributed by atoms with E-state index in [1.165, 1.54) is 51.4 Å². The van der Waals surface area contributed by atoms with Gasteiger partial charge in [0.25, 0.3) is 0 Å². The lowest BCUT2D eigenvalue weighted by Gasteiger charge is -2.17. The Balaban J connectivity index is 3.68. The van der Waals surface area contributed by atoms with Crippen LogP contribution in [0.3, 0.4) is 0 Å². The number of hydrogen-bond donors (Lipinski definition) is 1. The zero-order chi connectivity index (χ0) is 12.9. The first kappa shape index (κ1) is 17.2. The van der Waals surface area contributed by atoms with Crippen LogP contribution in [0.5, 0.6) is 0 Å². The van der Waals surface area contributed by atoms with E-state index in [1.54, 1.807) is 0 Å². The average Bonchev–Trinajstić information content (AvgIpc) is 2.29. The second-order valence-electron chi connectivity index (χ2n) is 4.70. The molecule has 0 aliphatic carbocycles. The molecule has 0 aromatic heterocycles. The van der Waals surface area contributed by atoms with Crippen molar-refractivity contribution < 1.29 is 4.74 Å². The Hall–Kier alpha value is 0.240. The molecule has 0 aromatic carbocycles. The van der Waals surface area contributed by atoms with Crippen molar-refractivity contribution in [2.24, 2.45) is 0 Å². The maximum atomic E-state index is 5.61. The van der Waals surface area contributed by atoms with Gasteiger partial charge in [-0.25, -0.2) is 0 Å². The molecule has 17 heavy (non-hydrogen) atoms. The van der Waals surface area contributed by atoms with Crippen LogP contribution < -0.4 is 0 Å². The van der Waals surface area contributed by atoms with E-state index in [0.717, 1.165) is 12.8 Å². The normalized spacial score (nSPS) is 10.8. The van der Waals surface area contributed by atoms with Crippen molar-refractivity contribution in [2.45, 2.75) is 84.2 Å². The molecule has 0 rings (SSSR count). The molecule has 0 heterocycles. The van der Waals surface area contributed by atoms with Crippen molar-refractivity contribution in [1.29, 1.82) is 0 Å². The second-order valence-corrected chi connectivity index (χ2v) is 5.78. The predicted molar refractivity (Wildman–Crippen MR) is 84.0 cm³/mol. The number of hydrogen-bond acceptors (Lipinski definition) is 2. The lowest BCUT2D eigenvalue weighted by Crippen LogP contribution is -2.14. The number of ether oxygens (including phenoxy) is 1. The van der Waals surface area contributed by atoms with E-state index in [0.29, 0.717) is 10.5 Å². The van der Waals surface area contributed by atoms with Crippen molar-refractivity contribution in [2.75, 3.05) is 0 Å². The molecule has 0 spiro atoms. The van der Waals surface area contributed by atoms with Gasteiger partial charge in [-0.15, -0.1) is 0 Å². The molecule has 0 amide bonds. The summed E-state index contributed by atoms with van der Waals surface area (Å²) in [6.45, 7) is 4.48. The minimum absolute atomic E-state index is 0.300. The van der Waals surface area contributed by atoms with E-state index in [9.17, 15) is 0 Å². The Morgan fingerprint density at radius 2 is 1.41 bits per heavy atom. The Morgan fingerprint density at radius 1 is 0.941 bits per heavy atom. The Bertz CT molecular complexity index is 171. The monoisotopic (exact) mass is 276 g/mol. The molecule has 0 saturated heterocycles. The molecule has 0 aromatic rings. The minimum atomic E-state index is 0.300. The second kappa shape index (κ2) is 12.7. The zero-order valence-corrected chi connectivity index (χ0v) is 13.1. The topological polar surface area (TPSA) is 9.23 Å². The molecule has 0 aliphatic heterocycles. The first-order valence-corrected chi connectivity index (χ1v) is 7.95. The number of unbranched alkanes of at least 4 members (excludes halogenated alkanes) is 6. The number of thiol groups is 1. The minimum Gasteiger partial charge on any atom is -0.475 e. The van der Waals surface area contributed by atoms with Crippen LogP contribution in [0.1, 0.15) is 78.1 Å². The Kier molecular flexibility index (Phi) is 12.9. The molecule has 0 fully saturated rings. The van der Waals surface area contributed by atoms with Crippen LogP contribution in [0, 0.1) is 0 Å². The lowest BCUT2D eigenvalue weighted by atomic mass is 10.0. The summed E-state index contributed by atoms with van der Waals surface area (Å²) in [4.78, 5) is 0. The third-order valence-electron chi connectivity index (χ3n) is 3.03. The molecular weight excluding hydrogens is 248 g/mol. The van der Waals surface area contributed by atoms with Gasteiger partial charge in [0.2, 0.25) is 4.38 Å². The molecule has 0 bridgehead atoms. The van der Waals surface area contributed by atoms with Crippen LogP contribution in [-0.2, 0) is 4.74 Å². The van der Waals surface area contributed by atoms with Gasteiger partial charge in [0.1, 0.15) is 6.10 Å². The smallest absolute Gasteiger partial charge is 0.217 e. The van der Waals surface area contributed by atoms with Gasteiger partial charge in [-0.2, -0.15) is 0 Å². The van der Waals surface area contributed by atoms with Crippen LogP contribution in [-0.4, -0.2) is 10.5 Å². The summed E-state index contributed by atoms with van der Waals surface area (Å²) >= 11 is 8.99. The molecular formula is C14H28OS2. The average molecular weight is 277 g/mol. The van der Waals surface area contributed by atoms with Gasteiger partial charge in [-0.1, -0.05) is 65.0 Å². The maximum Gasteiger partial charge on any atom is 0.217 e. The van der Waals surface area contributed by atoms with E-state index in [-0.39, 0.29) is 0 Å². The highest BCUT2D eigenvalue weighted by molar-refractivity contribution is 8.10. The van der Waals surface area contributed by atoms with Crippen molar-refractivity contribution in [3.8, 4) is 0 Å². The lowest BCUT2D eigenvalue weighted by molar-refractivity contribution is 0.171. The quantitative estimate of drug-likeness (QED) is 0.302.